The summed E-state index contributed by atoms with van der Waals surface area (Å²) >= 11 is 3.57. The van der Waals surface area contributed by atoms with Crippen LogP contribution in [0.3, 0.4) is 0 Å². The molecule has 2 fully saturated rings. The molecule has 1 N–H and O–H groups in total. The van der Waals surface area contributed by atoms with Crippen molar-refractivity contribution in [2.24, 2.45) is 5.92 Å². The lowest BCUT2D eigenvalue weighted by molar-refractivity contribution is 0.324. The summed E-state index contributed by atoms with van der Waals surface area (Å²) in [5.74, 6) is 0.957. The highest BCUT2D eigenvalue weighted by atomic mass is 79.9. The van der Waals surface area contributed by atoms with Crippen LogP contribution in [0.25, 0.3) is 0 Å². The maximum atomic E-state index is 3.63. The Kier molecular flexibility index (Phi) is 2.01. The molecule has 10 heavy (non-hydrogen) atoms. The third-order valence-corrected chi connectivity index (χ3v) is 3.70. The molecule has 0 aromatic heterocycles. The molecule has 2 heteroatoms. The van der Waals surface area contributed by atoms with E-state index in [-0.39, 0.29) is 0 Å². The minimum Gasteiger partial charge on any atom is -0.311 e. The lowest BCUT2D eigenvalue weighted by atomic mass is 9.95. The molecule has 2 atom stereocenters. The molecule has 2 bridgehead atoms. The lowest BCUT2D eigenvalue weighted by Crippen LogP contribution is -2.38. The van der Waals surface area contributed by atoms with E-state index in [1.165, 1.54) is 31.0 Å². The summed E-state index contributed by atoms with van der Waals surface area (Å²) in [5.41, 5.74) is 0. The number of hydrogen-bond acceptors (Lipinski definition) is 1. The molecular weight excluding hydrogens is 190 g/mol. The van der Waals surface area contributed by atoms with Gasteiger partial charge in [-0.05, 0) is 31.6 Å². The maximum Gasteiger partial charge on any atom is 0.00731 e. The summed E-state index contributed by atoms with van der Waals surface area (Å²) in [4.78, 5) is 0. The van der Waals surface area contributed by atoms with Crippen molar-refractivity contribution >= 4 is 15.9 Å². The van der Waals surface area contributed by atoms with Gasteiger partial charge in [0.15, 0.2) is 0 Å². The predicted molar refractivity (Wildman–Crippen MR) is 46.5 cm³/mol. The SMILES string of the molecule is BrCC1CC2CCC(C1)N2. The van der Waals surface area contributed by atoms with Crippen LogP contribution in [0.1, 0.15) is 25.7 Å². The van der Waals surface area contributed by atoms with Gasteiger partial charge in [-0.15, -0.1) is 0 Å². The first kappa shape index (κ1) is 7.11. The molecule has 0 spiro atoms. The maximum absolute atomic E-state index is 3.63. The van der Waals surface area contributed by atoms with Gasteiger partial charge >= 0.3 is 0 Å². The van der Waals surface area contributed by atoms with Crippen molar-refractivity contribution in [3.63, 3.8) is 0 Å². The monoisotopic (exact) mass is 203 g/mol. The lowest BCUT2D eigenvalue weighted by Gasteiger charge is -2.27. The molecule has 0 amide bonds. The van der Waals surface area contributed by atoms with E-state index in [1.807, 2.05) is 0 Å². The highest BCUT2D eigenvalue weighted by molar-refractivity contribution is 9.09. The summed E-state index contributed by atoms with van der Waals surface area (Å²) in [6.45, 7) is 0. The van der Waals surface area contributed by atoms with Gasteiger partial charge in [0, 0.05) is 17.4 Å². The number of halogens is 1. The van der Waals surface area contributed by atoms with Gasteiger partial charge in [-0.1, -0.05) is 15.9 Å². The highest BCUT2D eigenvalue weighted by Crippen LogP contribution is 2.31. The normalized spacial score (nSPS) is 45.9. The van der Waals surface area contributed by atoms with Gasteiger partial charge in [0.1, 0.15) is 0 Å². The van der Waals surface area contributed by atoms with Crippen molar-refractivity contribution in [2.45, 2.75) is 37.8 Å². The largest absolute Gasteiger partial charge is 0.311 e. The Labute approximate surface area is 70.7 Å². The molecule has 2 aliphatic heterocycles. The molecule has 2 heterocycles. The molecule has 58 valence electrons. The molecular formula is C8H14BrN. The Balaban J connectivity index is 1.96. The summed E-state index contributed by atoms with van der Waals surface area (Å²) < 4.78 is 0. The second-order valence-electron chi connectivity index (χ2n) is 3.63. The van der Waals surface area contributed by atoms with Gasteiger partial charge in [-0.3, -0.25) is 0 Å². The van der Waals surface area contributed by atoms with Crippen LogP contribution >= 0.6 is 15.9 Å². The quantitative estimate of drug-likeness (QED) is 0.643. The van der Waals surface area contributed by atoms with Gasteiger partial charge in [-0.25, -0.2) is 0 Å². The third-order valence-electron chi connectivity index (χ3n) is 2.79. The van der Waals surface area contributed by atoms with Crippen LogP contribution in [0.2, 0.25) is 0 Å². The minimum atomic E-state index is 0.862. The summed E-state index contributed by atoms with van der Waals surface area (Å²) in [6, 6.07) is 1.72. The molecule has 2 aliphatic rings. The van der Waals surface area contributed by atoms with Gasteiger partial charge in [0.05, 0.1) is 0 Å². The molecule has 0 aromatic rings. The first-order valence-corrected chi connectivity index (χ1v) is 5.32. The zero-order valence-corrected chi connectivity index (χ0v) is 7.73. The van der Waals surface area contributed by atoms with Gasteiger partial charge in [0.2, 0.25) is 0 Å². The van der Waals surface area contributed by atoms with E-state index < -0.39 is 0 Å². The number of piperidine rings is 1. The Morgan fingerprint density at radius 1 is 1.20 bits per heavy atom. The Morgan fingerprint density at radius 2 is 1.80 bits per heavy atom. The third kappa shape index (κ3) is 1.24. The van der Waals surface area contributed by atoms with Crippen LogP contribution in [-0.2, 0) is 0 Å². The fraction of sp³-hybridized carbons (Fsp3) is 1.00. The summed E-state index contributed by atoms with van der Waals surface area (Å²) in [6.07, 6.45) is 5.66. The summed E-state index contributed by atoms with van der Waals surface area (Å²) in [5, 5.41) is 4.84. The number of fused-ring (bicyclic) bond motifs is 2. The van der Waals surface area contributed by atoms with Crippen LogP contribution in [0.15, 0.2) is 0 Å². The molecule has 2 rings (SSSR count). The van der Waals surface area contributed by atoms with Gasteiger partial charge in [0.25, 0.3) is 0 Å². The fourth-order valence-electron chi connectivity index (χ4n) is 2.30. The number of nitrogens with one attached hydrogen (secondary N) is 1. The average Bonchev–Trinajstić information content (AvgIpc) is 2.30. The number of alkyl halides is 1. The van der Waals surface area contributed by atoms with Crippen LogP contribution in [0, 0.1) is 5.92 Å². The fourth-order valence-corrected chi connectivity index (χ4v) is 2.83. The van der Waals surface area contributed by atoms with Crippen molar-refractivity contribution in [2.75, 3.05) is 5.33 Å². The average molecular weight is 204 g/mol. The first-order valence-electron chi connectivity index (χ1n) is 4.20. The molecule has 2 unspecified atom stereocenters. The van der Waals surface area contributed by atoms with Crippen molar-refractivity contribution in [3.05, 3.63) is 0 Å². The van der Waals surface area contributed by atoms with Crippen molar-refractivity contribution < 1.29 is 0 Å². The van der Waals surface area contributed by atoms with E-state index in [2.05, 4.69) is 21.2 Å². The predicted octanol–water partition coefficient (Wildman–Crippen LogP) is 1.91. The smallest absolute Gasteiger partial charge is 0.00731 e. The molecule has 2 saturated heterocycles. The van der Waals surface area contributed by atoms with E-state index in [9.17, 15) is 0 Å². The standard InChI is InChI=1S/C8H14BrN/c9-5-6-3-7-1-2-8(4-6)10-7/h6-8,10H,1-5H2. The van der Waals surface area contributed by atoms with Crippen LogP contribution < -0.4 is 5.32 Å². The molecule has 1 nitrogen and oxygen atoms in total. The second-order valence-corrected chi connectivity index (χ2v) is 4.28. The van der Waals surface area contributed by atoms with E-state index in [0.29, 0.717) is 0 Å². The van der Waals surface area contributed by atoms with E-state index >= 15 is 0 Å². The van der Waals surface area contributed by atoms with E-state index in [0.717, 1.165) is 18.0 Å². The molecule has 0 aromatic carbocycles. The second kappa shape index (κ2) is 2.82. The van der Waals surface area contributed by atoms with Crippen LogP contribution in [0.4, 0.5) is 0 Å². The van der Waals surface area contributed by atoms with Crippen molar-refractivity contribution in [1.82, 2.24) is 5.32 Å². The minimum absolute atomic E-state index is 0.862. The van der Waals surface area contributed by atoms with E-state index in [1.54, 1.807) is 0 Å². The topological polar surface area (TPSA) is 12.0 Å². The van der Waals surface area contributed by atoms with Crippen LogP contribution in [-0.4, -0.2) is 17.4 Å². The highest BCUT2D eigenvalue weighted by Gasteiger charge is 2.32. The molecule has 0 aliphatic carbocycles. The number of hydrogen-bond donors (Lipinski definition) is 1. The summed E-state index contributed by atoms with van der Waals surface area (Å²) in [7, 11) is 0. The zero-order valence-electron chi connectivity index (χ0n) is 6.15. The number of rotatable bonds is 1. The molecule has 0 radical (unpaired) electrons. The van der Waals surface area contributed by atoms with Crippen molar-refractivity contribution in [3.8, 4) is 0 Å². The van der Waals surface area contributed by atoms with Gasteiger partial charge in [-0.2, -0.15) is 0 Å². The Morgan fingerprint density at radius 3 is 2.30 bits per heavy atom. The zero-order chi connectivity index (χ0) is 6.97. The van der Waals surface area contributed by atoms with Gasteiger partial charge < -0.3 is 5.32 Å². The Bertz CT molecular complexity index is 114. The first-order chi connectivity index (χ1) is 4.88. The van der Waals surface area contributed by atoms with Crippen molar-refractivity contribution in [1.29, 1.82) is 0 Å². The van der Waals surface area contributed by atoms with E-state index in [4.69, 9.17) is 0 Å². The molecule has 0 saturated carbocycles. The van der Waals surface area contributed by atoms with Crippen LogP contribution in [0.5, 0.6) is 0 Å². The Hall–Kier alpha value is 0.440.